The molecule has 0 heterocycles. The molecule has 0 aliphatic heterocycles. The minimum Gasteiger partial charge on any atom is -0.0628 e. The second-order valence-corrected chi connectivity index (χ2v) is 6.04. The summed E-state index contributed by atoms with van der Waals surface area (Å²) in [5.74, 6) is 1.64. The van der Waals surface area contributed by atoms with Crippen molar-refractivity contribution in [3.63, 3.8) is 0 Å². The SMILES string of the molecule is CC(C)CCCc1ccc(CCC(C)C)cc1. The van der Waals surface area contributed by atoms with Gasteiger partial charge in [-0.15, -0.1) is 0 Å². The zero-order valence-electron chi connectivity index (χ0n) is 12.0. The van der Waals surface area contributed by atoms with E-state index in [2.05, 4.69) is 52.0 Å². The summed E-state index contributed by atoms with van der Waals surface area (Å²) in [5.41, 5.74) is 2.99. The van der Waals surface area contributed by atoms with Crippen LogP contribution in [0.1, 0.15) is 58.1 Å². The van der Waals surface area contributed by atoms with E-state index in [-0.39, 0.29) is 0 Å². The molecule has 0 bridgehead atoms. The first kappa shape index (κ1) is 14.3. The zero-order valence-corrected chi connectivity index (χ0v) is 12.0. The van der Waals surface area contributed by atoms with Crippen LogP contribution in [0, 0.1) is 11.8 Å². The highest BCUT2D eigenvalue weighted by molar-refractivity contribution is 5.22. The predicted molar refractivity (Wildman–Crippen MR) is 77.4 cm³/mol. The zero-order chi connectivity index (χ0) is 12.7. The fourth-order valence-electron chi connectivity index (χ4n) is 2.04. The van der Waals surface area contributed by atoms with Gasteiger partial charge < -0.3 is 0 Å². The van der Waals surface area contributed by atoms with Crippen LogP contribution in [0.4, 0.5) is 0 Å². The lowest BCUT2D eigenvalue weighted by Crippen LogP contribution is -1.94. The molecule has 0 aliphatic carbocycles. The van der Waals surface area contributed by atoms with E-state index >= 15 is 0 Å². The van der Waals surface area contributed by atoms with E-state index in [9.17, 15) is 0 Å². The molecular weight excluding hydrogens is 204 g/mol. The normalized spacial score (nSPS) is 11.4. The maximum Gasteiger partial charge on any atom is -0.0276 e. The lowest BCUT2D eigenvalue weighted by Gasteiger charge is -2.07. The summed E-state index contributed by atoms with van der Waals surface area (Å²) < 4.78 is 0. The van der Waals surface area contributed by atoms with E-state index in [4.69, 9.17) is 0 Å². The van der Waals surface area contributed by atoms with Crippen LogP contribution in [-0.2, 0) is 12.8 Å². The number of aryl methyl sites for hydroxylation is 2. The van der Waals surface area contributed by atoms with E-state index < -0.39 is 0 Å². The van der Waals surface area contributed by atoms with Gasteiger partial charge in [-0.2, -0.15) is 0 Å². The minimum atomic E-state index is 0.806. The monoisotopic (exact) mass is 232 g/mol. The van der Waals surface area contributed by atoms with Crippen LogP contribution < -0.4 is 0 Å². The summed E-state index contributed by atoms with van der Waals surface area (Å²) in [6, 6.07) is 9.26. The maximum atomic E-state index is 2.32. The summed E-state index contributed by atoms with van der Waals surface area (Å²) in [5, 5.41) is 0. The number of benzene rings is 1. The molecular formula is C17H28. The molecule has 0 unspecified atom stereocenters. The molecule has 0 nitrogen and oxygen atoms in total. The van der Waals surface area contributed by atoms with Gasteiger partial charge in [0.15, 0.2) is 0 Å². The molecule has 17 heavy (non-hydrogen) atoms. The third-order valence-corrected chi connectivity index (χ3v) is 3.28. The van der Waals surface area contributed by atoms with Crippen LogP contribution in [0.3, 0.4) is 0 Å². The molecule has 0 N–H and O–H groups in total. The van der Waals surface area contributed by atoms with E-state index in [1.165, 1.54) is 43.2 Å². The molecule has 0 aromatic heterocycles. The standard InChI is InChI=1S/C17H28/c1-14(2)6-5-7-16-10-12-17(13-11-16)9-8-15(3)4/h10-15H,5-9H2,1-4H3. The molecule has 0 saturated heterocycles. The Morgan fingerprint density at radius 1 is 0.706 bits per heavy atom. The highest BCUT2D eigenvalue weighted by Crippen LogP contribution is 2.13. The smallest absolute Gasteiger partial charge is 0.0276 e. The topological polar surface area (TPSA) is 0 Å². The largest absolute Gasteiger partial charge is 0.0628 e. The van der Waals surface area contributed by atoms with Crippen molar-refractivity contribution >= 4 is 0 Å². The van der Waals surface area contributed by atoms with Gasteiger partial charge in [0.25, 0.3) is 0 Å². The summed E-state index contributed by atoms with van der Waals surface area (Å²) in [4.78, 5) is 0. The molecule has 0 atom stereocenters. The van der Waals surface area contributed by atoms with Gasteiger partial charge in [-0.05, 0) is 48.6 Å². The van der Waals surface area contributed by atoms with Crippen molar-refractivity contribution in [2.75, 3.05) is 0 Å². The van der Waals surface area contributed by atoms with E-state index in [1.54, 1.807) is 0 Å². The van der Waals surface area contributed by atoms with Crippen LogP contribution in [-0.4, -0.2) is 0 Å². The lowest BCUT2D eigenvalue weighted by atomic mass is 9.99. The first-order chi connectivity index (χ1) is 8.08. The average Bonchev–Trinajstić information content (AvgIpc) is 2.27. The van der Waals surface area contributed by atoms with Gasteiger partial charge in [0, 0.05) is 0 Å². The Bertz CT molecular complexity index is 292. The van der Waals surface area contributed by atoms with Gasteiger partial charge in [-0.25, -0.2) is 0 Å². The van der Waals surface area contributed by atoms with Gasteiger partial charge in [0.2, 0.25) is 0 Å². The Morgan fingerprint density at radius 3 is 1.65 bits per heavy atom. The highest BCUT2D eigenvalue weighted by Gasteiger charge is 1.99. The molecule has 1 aromatic rings. The highest BCUT2D eigenvalue weighted by atomic mass is 14.0. The summed E-state index contributed by atoms with van der Waals surface area (Å²) in [6.45, 7) is 9.19. The van der Waals surface area contributed by atoms with E-state index in [1.807, 2.05) is 0 Å². The number of hydrogen-bond donors (Lipinski definition) is 0. The van der Waals surface area contributed by atoms with Crippen LogP contribution in [0.2, 0.25) is 0 Å². The Morgan fingerprint density at radius 2 is 1.18 bits per heavy atom. The molecule has 0 spiro atoms. The lowest BCUT2D eigenvalue weighted by molar-refractivity contribution is 0.555. The molecule has 0 amide bonds. The molecule has 0 radical (unpaired) electrons. The van der Waals surface area contributed by atoms with Crippen molar-refractivity contribution in [1.82, 2.24) is 0 Å². The second-order valence-electron chi connectivity index (χ2n) is 6.04. The van der Waals surface area contributed by atoms with Crippen LogP contribution in [0.5, 0.6) is 0 Å². The van der Waals surface area contributed by atoms with Crippen LogP contribution in [0.15, 0.2) is 24.3 Å². The van der Waals surface area contributed by atoms with Gasteiger partial charge >= 0.3 is 0 Å². The Kier molecular flexibility index (Phi) is 6.32. The fourth-order valence-corrected chi connectivity index (χ4v) is 2.04. The van der Waals surface area contributed by atoms with Crippen molar-refractivity contribution < 1.29 is 0 Å². The van der Waals surface area contributed by atoms with E-state index in [0.29, 0.717) is 0 Å². The van der Waals surface area contributed by atoms with Crippen molar-refractivity contribution in [2.45, 2.75) is 59.8 Å². The molecule has 96 valence electrons. The minimum absolute atomic E-state index is 0.806. The maximum absolute atomic E-state index is 2.32. The molecule has 0 aliphatic rings. The van der Waals surface area contributed by atoms with Gasteiger partial charge in [-0.1, -0.05) is 58.4 Å². The Labute approximate surface area is 107 Å². The van der Waals surface area contributed by atoms with Crippen molar-refractivity contribution in [2.24, 2.45) is 11.8 Å². The van der Waals surface area contributed by atoms with Gasteiger partial charge in [0.05, 0.1) is 0 Å². The molecule has 0 fully saturated rings. The second kappa shape index (κ2) is 7.53. The number of rotatable bonds is 7. The molecule has 0 saturated carbocycles. The quantitative estimate of drug-likeness (QED) is 0.602. The molecule has 1 rings (SSSR count). The molecule has 1 aromatic carbocycles. The van der Waals surface area contributed by atoms with Crippen molar-refractivity contribution in [3.8, 4) is 0 Å². The third kappa shape index (κ3) is 6.51. The third-order valence-electron chi connectivity index (χ3n) is 3.28. The first-order valence-electron chi connectivity index (χ1n) is 7.15. The van der Waals surface area contributed by atoms with Gasteiger partial charge in [0.1, 0.15) is 0 Å². The summed E-state index contributed by atoms with van der Waals surface area (Å²) in [6.07, 6.45) is 6.43. The van der Waals surface area contributed by atoms with E-state index in [0.717, 1.165) is 11.8 Å². The first-order valence-corrected chi connectivity index (χ1v) is 7.15. The average molecular weight is 232 g/mol. The van der Waals surface area contributed by atoms with Crippen LogP contribution in [0.25, 0.3) is 0 Å². The fraction of sp³-hybridized carbons (Fsp3) is 0.647. The van der Waals surface area contributed by atoms with Gasteiger partial charge in [-0.3, -0.25) is 0 Å². The Hall–Kier alpha value is -0.780. The Balaban J connectivity index is 2.34. The summed E-state index contributed by atoms with van der Waals surface area (Å²) >= 11 is 0. The number of hydrogen-bond acceptors (Lipinski definition) is 0. The molecule has 0 heteroatoms. The van der Waals surface area contributed by atoms with Crippen molar-refractivity contribution in [3.05, 3.63) is 35.4 Å². The van der Waals surface area contributed by atoms with Crippen LogP contribution >= 0.6 is 0 Å². The summed E-state index contributed by atoms with van der Waals surface area (Å²) in [7, 11) is 0. The van der Waals surface area contributed by atoms with Crippen molar-refractivity contribution in [1.29, 1.82) is 0 Å². The predicted octanol–water partition coefficient (Wildman–Crippen LogP) is 5.25.